The van der Waals surface area contributed by atoms with E-state index in [0.717, 1.165) is 34.0 Å². The van der Waals surface area contributed by atoms with Crippen LogP contribution in [0.15, 0.2) is 77.4 Å². The maximum Gasteiger partial charge on any atom is 0.289 e. The first kappa shape index (κ1) is 24.5. The van der Waals surface area contributed by atoms with Crippen molar-refractivity contribution in [2.75, 3.05) is 45.3 Å². The second-order valence-electron chi connectivity index (χ2n) is 8.88. The Labute approximate surface area is 216 Å². The number of benzene rings is 2. The Morgan fingerprint density at radius 1 is 0.946 bits per heavy atom. The topological polar surface area (TPSA) is 80.9 Å². The van der Waals surface area contributed by atoms with Crippen molar-refractivity contribution >= 4 is 11.7 Å². The molecule has 0 aliphatic carbocycles. The van der Waals surface area contributed by atoms with E-state index in [9.17, 15) is 4.79 Å². The molecule has 1 aliphatic rings. The summed E-state index contributed by atoms with van der Waals surface area (Å²) in [6.45, 7) is 2.81. The van der Waals surface area contributed by atoms with Crippen molar-refractivity contribution < 1.29 is 18.7 Å². The van der Waals surface area contributed by atoms with Crippen LogP contribution in [0.4, 0.5) is 5.82 Å². The minimum Gasteiger partial charge on any atom is -0.497 e. The summed E-state index contributed by atoms with van der Waals surface area (Å²) in [6, 6.07) is 21.4. The van der Waals surface area contributed by atoms with Crippen molar-refractivity contribution in [2.24, 2.45) is 0 Å². The molecule has 4 aromatic rings. The van der Waals surface area contributed by atoms with E-state index in [1.165, 1.54) is 6.26 Å². The maximum absolute atomic E-state index is 12.8. The highest BCUT2D eigenvalue weighted by Gasteiger charge is 2.27. The summed E-state index contributed by atoms with van der Waals surface area (Å²) in [4.78, 5) is 26.9. The molecule has 0 radical (unpaired) electrons. The van der Waals surface area contributed by atoms with Gasteiger partial charge < -0.3 is 23.7 Å². The van der Waals surface area contributed by atoms with Gasteiger partial charge in [-0.2, -0.15) is 0 Å². The number of nitrogens with zero attached hydrogens (tertiary/aromatic N) is 4. The largest absolute Gasteiger partial charge is 0.497 e. The van der Waals surface area contributed by atoms with Gasteiger partial charge in [0.2, 0.25) is 0 Å². The third-order valence-corrected chi connectivity index (χ3v) is 6.50. The second-order valence-corrected chi connectivity index (χ2v) is 8.88. The summed E-state index contributed by atoms with van der Waals surface area (Å²) in [7, 11) is 3.35. The van der Waals surface area contributed by atoms with Crippen LogP contribution >= 0.6 is 0 Å². The Bertz CT molecular complexity index is 1330. The Morgan fingerprint density at radius 2 is 1.76 bits per heavy atom. The molecule has 0 spiro atoms. The number of methoxy groups -OCH3 is 2. The molecule has 37 heavy (non-hydrogen) atoms. The lowest BCUT2D eigenvalue weighted by Crippen LogP contribution is -2.49. The highest BCUT2D eigenvalue weighted by atomic mass is 16.5. The van der Waals surface area contributed by atoms with Crippen molar-refractivity contribution in [1.29, 1.82) is 0 Å². The summed E-state index contributed by atoms with van der Waals surface area (Å²) in [5.41, 5.74) is 3.91. The molecule has 190 valence electrons. The predicted octanol–water partition coefficient (Wildman–Crippen LogP) is 4.44. The van der Waals surface area contributed by atoms with E-state index in [4.69, 9.17) is 23.9 Å². The van der Waals surface area contributed by atoms with Crippen LogP contribution in [0.1, 0.15) is 27.4 Å². The molecule has 2 aromatic carbocycles. The van der Waals surface area contributed by atoms with Crippen molar-refractivity contribution in [2.45, 2.75) is 13.0 Å². The summed E-state index contributed by atoms with van der Waals surface area (Å²) in [5.74, 6) is 2.61. The van der Waals surface area contributed by atoms with Crippen LogP contribution in [0.3, 0.4) is 0 Å². The molecule has 2 aromatic heterocycles. The standard InChI is InChI=1S/C29H30N4O4/c1-35-20-25-24(19-21-8-6-11-23(18-21)36-2)28(31-27(30-25)22-9-4-3-5-10-22)32-13-15-33(16-14-32)29(34)26-12-7-17-37-26/h3-12,17-18H,13-16,19-20H2,1-2H3. The number of anilines is 1. The zero-order chi connectivity index (χ0) is 25.6. The van der Waals surface area contributed by atoms with Crippen molar-refractivity contribution in [3.05, 3.63) is 95.6 Å². The number of aromatic nitrogens is 2. The lowest BCUT2D eigenvalue weighted by atomic mass is 10.0. The molecule has 0 unspecified atom stereocenters. The minimum absolute atomic E-state index is 0.0889. The van der Waals surface area contributed by atoms with Crippen LogP contribution in [0, 0.1) is 0 Å². The van der Waals surface area contributed by atoms with Gasteiger partial charge in [0.05, 0.1) is 25.7 Å². The first-order chi connectivity index (χ1) is 18.2. The normalized spacial score (nSPS) is 13.6. The van der Waals surface area contributed by atoms with Gasteiger partial charge >= 0.3 is 0 Å². The van der Waals surface area contributed by atoms with Crippen LogP contribution in [-0.4, -0.2) is 61.2 Å². The maximum atomic E-state index is 12.8. The van der Waals surface area contributed by atoms with Gasteiger partial charge in [0.25, 0.3) is 5.91 Å². The van der Waals surface area contributed by atoms with E-state index in [1.54, 1.807) is 26.4 Å². The molecule has 0 bridgehead atoms. The predicted molar refractivity (Wildman–Crippen MR) is 141 cm³/mol. The summed E-state index contributed by atoms with van der Waals surface area (Å²) in [6.07, 6.45) is 2.16. The van der Waals surface area contributed by atoms with Crippen LogP contribution in [0.5, 0.6) is 5.75 Å². The highest BCUT2D eigenvalue weighted by Crippen LogP contribution is 2.30. The van der Waals surface area contributed by atoms with Crippen LogP contribution in [0.2, 0.25) is 0 Å². The lowest BCUT2D eigenvalue weighted by molar-refractivity contribution is 0.0714. The van der Waals surface area contributed by atoms with Crippen molar-refractivity contribution in [3.8, 4) is 17.1 Å². The Morgan fingerprint density at radius 3 is 2.46 bits per heavy atom. The summed E-state index contributed by atoms with van der Waals surface area (Å²) in [5, 5.41) is 0. The first-order valence-electron chi connectivity index (χ1n) is 12.3. The fourth-order valence-corrected chi connectivity index (χ4v) is 4.60. The molecule has 0 N–H and O–H groups in total. The van der Waals surface area contributed by atoms with Gasteiger partial charge in [0, 0.05) is 50.8 Å². The van der Waals surface area contributed by atoms with Gasteiger partial charge in [-0.3, -0.25) is 4.79 Å². The summed E-state index contributed by atoms with van der Waals surface area (Å²) >= 11 is 0. The number of rotatable bonds is 8. The molecule has 1 amide bonds. The highest BCUT2D eigenvalue weighted by molar-refractivity contribution is 5.91. The van der Waals surface area contributed by atoms with Crippen LogP contribution in [0.25, 0.3) is 11.4 Å². The molecular weight excluding hydrogens is 468 g/mol. The van der Waals surface area contributed by atoms with E-state index in [0.29, 0.717) is 50.8 Å². The van der Waals surface area contributed by atoms with E-state index in [1.807, 2.05) is 53.4 Å². The molecule has 1 saturated heterocycles. The van der Waals surface area contributed by atoms with Gasteiger partial charge in [-0.05, 0) is 29.8 Å². The van der Waals surface area contributed by atoms with Crippen molar-refractivity contribution in [1.82, 2.24) is 14.9 Å². The number of piperazine rings is 1. The molecule has 3 heterocycles. The van der Waals surface area contributed by atoms with Gasteiger partial charge in [-0.1, -0.05) is 42.5 Å². The van der Waals surface area contributed by atoms with Gasteiger partial charge in [0.1, 0.15) is 11.6 Å². The molecule has 8 heteroatoms. The SMILES string of the molecule is COCc1nc(-c2ccccc2)nc(N2CCN(C(=O)c3ccco3)CC2)c1Cc1cccc(OC)c1. The quantitative estimate of drug-likeness (QED) is 0.355. The fraction of sp³-hybridized carbons (Fsp3) is 0.276. The monoisotopic (exact) mass is 498 g/mol. The number of hydrogen-bond acceptors (Lipinski definition) is 7. The zero-order valence-electron chi connectivity index (χ0n) is 21.1. The van der Waals surface area contributed by atoms with Gasteiger partial charge in [-0.25, -0.2) is 9.97 Å². The fourth-order valence-electron chi connectivity index (χ4n) is 4.60. The molecule has 1 aliphatic heterocycles. The smallest absolute Gasteiger partial charge is 0.289 e. The average molecular weight is 499 g/mol. The van der Waals surface area contributed by atoms with E-state index >= 15 is 0 Å². The Kier molecular flexibility index (Phi) is 7.46. The number of carbonyl (C=O) groups excluding carboxylic acids is 1. The van der Waals surface area contributed by atoms with E-state index < -0.39 is 0 Å². The molecule has 0 atom stereocenters. The third-order valence-electron chi connectivity index (χ3n) is 6.50. The molecule has 0 saturated carbocycles. The number of amides is 1. The third kappa shape index (κ3) is 5.49. The molecule has 1 fully saturated rings. The molecule has 8 nitrogen and oxygen atoms in total. The minimum atomic E-state index is -0.0889. The van der Waals surface area contributed by atoms with E-state index in [2.05, 4.69) is 11.0 Å². The van der Waals surface area contributed by atoms with Crippen LogP contribution in [-0.2, 0) is 17.8 Å². The summed E-state index contributed by atoms with van der Waals surface area (Å²) < 4.78 is 16.3. The second kappa shape index (κ2) is 11.3. The number of furan rings is 1. The Balaban J connectivity index is 1.51. The average Bonchev–Trinajstić information content (AvgIpc) is 3.49. The Hall–Kier alpha value is -4.17. The first-order valence-corrected chi connectivity index (χ1v) is 12.3. The van der Waals surface area contributed by atoms with Gasteiger partial charge in [-0.15, -0.1) is 0 Å². The van der Waals surface area contributed by atoms with Gasteiger partial charge in [0.15, 0.2) is 11.6 Å². The van der Waals surface area contributed by atoms with Crippen LogP contribution < -0.4 is 9.64 Å². The van der Waals surface area contributed by atoms with E-state index in [-0.39, 0.29) is 5.91 Å². The zero-order valence-corrected chi connectivity index (χ0v) is 21.1. The number of carbonyl (C=O) groups is 1. The lowest BCUT2D eigenvalue weighted by Gasteiger charge is -2.36. The molecule has 5 rings (SSSR count). The number of hydrogen-bond donors (Lipinski definition) is 0. The number of ether oxygens (including phenoxy) is 2. The molecular formula is C29H30N4O4. The van der Waals surface area contributed by atoms with Crippen molar-refractivity contribution in [3.63, 3.8) is 0 Å².